The Bertz CT molecular complexity index is 1940. The fraction of sp³-hybridized carbons (Fsp3) is 0.0909. The number of hydrogen-bond donors (Lipinski definition) is 4. The summed E-state index contributed by atoms with van der Waals surface area (Å²) in [5.74, 6) is -0.368. The lowest BCUT2D eigenvalue weighted by molar-refractivity contribution is -0.114. The maximum Gasteiger partial charge on any atom is 0.295 e. The molecule has 3 aromatic carbocycles. The first kappa shape index (κ1) is 30.0. The molecule has 1 heterocycles. The van der Waals surface area contributed by atoms with E-state index in [4.69, 9.17) is 27.9 Å². The normalized spacial score (nSPS) is 12.0. The zero-order valence-corrected chi connectivity index (χ0v) is 23.8. The van der Waals surface area contributed by atoms with E-state index in [2.05, 4.69) is 35.8 Å². The highest BCUT2D eigenvalue weighted by Gasteiger charge is 2.21. The van der Waals surface area contributed by atoms with E-state index in [-0.39, 0.29) is 55.8 Å². The third-order valence-corrected chi connectivity index (χ3v) is 7.33. The van der Waals surface area contributed by atoms with Crippen molar-refractivity contribution >= 4 is 88.8 Å². The molecule has 0 aliphatic carbocycles. The number of anilines is 3. The van der Waals surface area contributed by atoms with E-state index in [1.54, 1.807) is 0 Å². The smallest absolute Gasteiger partial charge is 0.295 e. The van der Waals surface area contributed by atoms with Gasteiger partial charge in [0.1, 0.15) is 21.2 Å². The Hall–Kier alpha value is -4.00. The Morgan fingerprint density at radius 2 is 1.54 bits per heavy atom. The van der Waals surface area contributed by atoms with Gasteiger partial charge >= 0.3 is 0 Å². The topological polar surface area (TPSA) is 222 Å². The summed E-state index contributed by atoms with van der Waals surface area (Å²) < 4.78 is 72.8. The molecule has 0 aliphatic rings. The van der Waals surface area contributed by atoms with Crippen LogP contribution in [0.1, 0.15) is 6.92 Å². The lowest BCUT2D eigenvalue weighted by Crippen LogP contribution is -2.07. The summed E-state index contributed by atoms with van der Waals surface area (Å²) in [6, 6.07) is 8.35. The first-order chi connectivity index (χ1) is 19.2. The number of ether oxygens (including phenoxy) is 1. The van der Waals surface area contributed by atoms with E-state index in [0.717, 1.165) is 18.2 Å². The highest BCUT2D eigenvalue weighted by molar-refractivity contribution is 7.86. The van der Waals surface area contributed by atoms with Gasteiger partial charge in [0.05, 0.1) is 24.2 Å². The van der Waals surface area contributed by atoms with Gasteiger partial charge in [-0.3, -0.25) is 13.9 Å². The minimum atomic E-state index is -4.87. The van der Waals surface area contributed by atoms with E-state index in [9.17, 15) is 30.7 Å². The second-order valence-corrected chi connectivity index (χ2v) is 11.5. The van der Waals surface area contributed by atoms with Crippen LogP contribution in [-0.4, -0.2) is 53.9 Å². The van der Waals surface area contributed by atoms with E-state index in [1.807, 2.05) is 0 Å². The predicted octanol–water partition coefficient (Wildman–Crippen LogP) is 4.95. The number of azo groups is 1. The van der Waals surface area contributed by atoms with E-state index in [1.165, 1.54) is 38.3 Å². The molecule has 0 aliphatic heterocycles. The number of carbonyl (C=O) groups is 1. The Balaban J connectivity index is 1.87. The zero-order chi connectivity index (χ0) is 30.1. The van der Waals surface area contributed by atoms with Gasteiger partial charge in [0, 0.05) is 23.8 Å². The summed E-state index contributed by atoms with van der Waals surface area (Å²) in [6.07, 6.45) is 0. The number of nitrogens with one attached hydrogen (secondary N) is 2. The molecule has 1 amide bonds. The van der Waals surface area contributed by atoms with Crippen LogP contribution < -0.4 is 15.4 Å². The van der Waals surface area contributed by atoms with Gasteiger partial charge in [0.15, 0.2) is 0 Å². The Morgan fingerprint density at radius 3 is 2.12 bits per heavy atom. The number of halogens is 2. The SMILES string of the molecule is COc1cc(N=Nc2cc(S(=O)(=O)O)c3cccc(S(=O)(=O)O)c3c2)c(NC(C)=O)cc1Nc1nc(Cl)nc(Cl)n1. The molecule has 4 N–H and O–H groups in total. The molecule has 1 aromatic heterocycles. The molecule has 19 heteroatoms. The molecule has 0 bridgehead atoms. The van der Waals surface area contributed by atoms with Crippen LogP contribution in [0.5, 0.6) is 5.75 Å². The molecule has 0 spiro atoms. The van der Waals surface area contributed by atoms with Crippen molar-refractivity contribution in [3.05, 3.63) is 53.0 Å². The lowest BCUT2D eigenvalue weighted by Gasteiger charge is -2.14. The summed E-state index contributed by atoms with van der Waals surface area (Å²) in [4.78, 5) is 22.1. The summed E-state index contributed by atoms with van der Waals surface area (Å²) in [7, 11) is -8.32. The second kappa shape index (κ2) is 11.5. The van der Waals surface area contributed by atoms with Crippen molar-refractivity contribution in [2.45, 2.75) is 16.7 Å². The van der Waals surface area contributed by atoms with Gasteiger partial charge in [-0.1, -0.05) is 12.1 Å². The summed E-state index contributed by atoms with van der Waals surface area (Å²) in [5, 5.41) is 12.6. The highest BCUT2D eigenvalue weighted by Crippen LogP contribution is 2.39. The van der Waals surface area contributed by atoms with Crippen LogP contribution in [0.25, 0.3) is 10.8 Å². The number of fused-ring (bicyclic) bond motifs is 1. The number of aromatic nitrogens is 3. The van der Waals surface area contributed by atoms with Gasteiger partial charge in [-0.15, -0.1) is 5.11 Å². The van der Waals surface area contributed by atoms with Crippen molar-refractivity contribution in [3.63, 3.8) is 0 Å². The minimum Gasteiger partial charge on any atom is -0.494 e. The number of methoxy groups -OCH3 is 1. The van der Waals surface area contributed by atoms with E-state index < -0.39 is 35.9 Å². The predicted molar refractivity (Wildman–Crippen MR) is 148 cm³/mol. The van der Waals surface area contributed by atoms with Crippen molar-refractivity contribution in [2.24, 2.45) is 10.2 Å². The lowest BCUT2D eigenvalue weighted by atomic mass is 10.1. The number of rotatable bonds is 8. The molecule has 15 nitrogen and oxygen atoms in total. The first-order valence-electron chi connectivity index (χ1n) is 10.9. The van der Waals surface area contributed by atoms with Crippen LogP contribution in [0.4, 0.5) is 28.7 Å². The summed E-state index contributed by atoms with van der Waals surface area (Å²) in [6.45, 7) is 1.24. The molecule has 41 heavy (non-hydrogen) atoms. The van der Waals surface area contributed by atoms with Crippen LogP contribution in [-0.2, 0) is 25.0 Å². The van der Waals surface area contributed by atoms with Gasteiger partial charge in [-0.05, 0) is 47.5 Å². The fourth-order valence-corrected chi connectivity index (χ4v) is 5.41. The highest BCUT2D eigenvalue weighted by atomic mass is 35.5. The average Bonchev–Trinajstić information content (AvgIpc) is 2.85. The van der Waals surface area contributed by atoms with Gasteiger partial charge in [-0.2, -0.15) is 36.9 Å². The first-order valence-corrected chi connectivity index (χ1v) is 14.6. The average molecular weight is 642 g/mol. The molecule has 0 saturated carbocycles. The third kappa shape index (κ3) is 7.02. The Labute approximate surface area is 242 Å². The Morgan fingerprint density at radius 1 is 0.878 bits per heavy atom. The summed E-state index contributed by atoms with van der Waals surface area (Å²) in [5.41, 5.74) is 0.146. The van der Waals surface area contributed by atoms with Crippen LogP contribution in [0, 0.1) is 0 Å². The number of hydrogen-bond acceptors (Lipinski definition) is 12. The molecule has 0 atom stereocenters. The monoisotopic (exact) mass is 641 g/mol. The van der Waals surface area contributed by atoms with Crippen LogP contribution in [0.2, 0.25) is 10.6 Å². The Kier molecular flexibility index (Phi) is 8.39. The molecular formula is C22H17Cl2N7O8S2. The molecule has 0 saturated heterocycles. The van der Waals surface area contributed by atoms with Gasteiger partial charge in [0.25, 0.3) is 20.2 Å². The van der Waals surface area contributed by atoms with E-state index >= 15 is 0 Å². The molecule has 4 rings (SSSR count). The molecule has 4 aromatic rings. The van der Waals surface area contributed by atoms with Crippen LogP contribution in [0.3, 0.4) is 0 Å². The molecule has 0 unspecified atom stereocenters. The maximum atomic E-state index is 12.1. The minimum absolute atomic E-state index is 0.0193. The third-order valence-electron chi connectivity index (χ3n) is 5.19. The number of amides is 1. The quantitative estimate of drug-likeness (QED) is 0.148. The largest absolute Gasteiger partial charge is 0.494 e. The molecular weight excluding hydrogens is 625 g/mol. The standard InChI is InChI=1S/C22H17Cl2N7O8S2/c1-10(32)25-14-8-16(26-22-28-20(23)27-21(24)29-22)17(39-2)9-15(14)31-30-11-6-13-12(19(7-11)41(36,37)38)4-3-5-18(13)40(33,34)35/h3-9H,1-2H3,(H,25,32)(H,33,34,35)(H,36,37,38)(H,26,27,28,29). The fourth-order valence-electron chi connectivity index (χ4n) is 3.63. The van der Waals surface area contributed by atoms with Gasteiger partial charge < -0.3 is 15.4 Å². The van der Waals surface area contributed by atoms with Crippen molar-refractivity contribution in [3.8, 4) is 5.75 Å². The van der Waals surface area contributed by atoms with Crippen molar-refractivity contribution < 1.29 is 35.5 Å². The summed E-state index contributed by atoms with van der Waals surface area (Å²) >= 11 is 11.6. The second-order valence-electron chi connectivity index (χ2n) is 8.02. The maximum absolute atomic E-state index is 12.1. The number of carbonyl (C=O) groups excluding carboxylic acids is 1. The van der Waals surface area contributed by atoms with Crippen molar-refractivity contribution in [1.82, 2.24) is 15.0 Å². The molecule has 0 fully saturated rings. The van der Waals surface area contributed by atoms with Crippen molar-refractivity contribution in [1.29, 1.82) is 0 Å². The zero-order valence-electron chi connectivity index (χ0n) is 20.7. The van der Waals surface area contributed by atoms with Gasteiger partial charge in [0.2, 0.25) is 22.4 Å². The van der Waals surface area contributed by atoms with Crippen LogP contribution in [0.15, 0.2) is 62.5 Å². The molecule has 0 radical (unpaired) electrons. The number of benzene rings is 3. The van der Waals surface area contributed by atoms with Gasteiger partial charge in [-0.25, -0.2) is 0 Å². The number of nitrogens with zero attached hydrogens (tertiary/aromatic N) is 5. The molecule has 214 valence electrons. The van der Waals surface area contributed by atoms with Crippen molar-refractivity contribution in [2.75, 3.05) is 17.7 Å². The van der Waals surface area contributed by atoms with E-state index in [0.29, 0.717) is 0 Å². The van der Waals surface area contributed by atoms with Crippen LogP contribution >= 0.6 is 23.2 Å².